The maximum absolute atomic E-state index is 5.09. The van der Waals surface area contributed by atoms with Crippen molar-refractivity contribution in [2.45, 2.75) is 19.3 Å². The molecule has 0 fully saturated rings. The molecule has 0 radical (unpaired) electrons. The Labute approximate surface area is 125 Å². The molecular weight excluding hydrogens is 268 g/mol. The summed E-state index contributed by atoms with van der Waals surface area (Å²) in [6, 6.07) is 8.64. The number of nitrogens with zero attached hydrogens (tertiary/aromatic N) is 1. The molecule has 2 rings (SSSR count). The number of rotatable bonds is 8. The van der Waals surface area contributed by atoms with Gasteiger partial charge in [0, 0.05) is 37.2 Å². The van der Waals surface area contributed by atoms with Crippen molar-refractivity contribution in [3.8, 4) is 0 Å². The van der Waals surface area contributed by atoms with Crippen molar-refractivity contribution in [1.29, 1.82) is 0 Å². The second kappa shape index (κ2) is 8.15. The zero-order chi connectivity index (χ0) is 14.2. The van der Waals surface area contributed by atoms with Crippen LogP contribution in [0.4, 0.5) is 0 Å². The summed E-state index contributed by atoms with van der Waals surface area (Å²) < 4.78 is 5.09. The third-order valence-corrected chi connectivity index (χ3v) is 4.23. The van der Waals surface area contributed by atoms with Gasteiger partial charge in [-0.3, -0.25) is 4.98 Å². The van der Waals surface area contributed by atoms with Crippen molar-refractivity contribution in [2.24, 2.45) is 0 Å². The van der Waals surface area contributed by atoms with Crippen LogP contribution in [0.3, 0.4) is 0 Å². The highest BCUT2D eigenvalue weighted by atomic mass is 32.1. The van der Waals surface area contributed by atoms with Gasteiger partial charge in [0.15, 0.2) is 0 Å². The van der Waals surface area contributed by atoms with Crippen LogP contribution in [0.5, 0.6) is 0 Å². The molecular formula is C16H22N2OS. The second-order valence-corrected chi connectivity index (χ2v) is 5.89. The van der Waals surface area contributed by atoms with Crippen molar-refractivity contribution in [2.75, 3.05) is 26.8 Å². The van der Waals surface area contributed by atoms with Gasteiger partial charge in [-0.25, -0.2) is 0 Å². The van der Waals surface area contributed by atoms with E-state index in [9.17, 15) is 0 Å². The zero-order valence-electron chi connectivity index (χ0n) is 12.1. The Morgan fingerprint density at radius 3 is 2.90 bits per heavy atom. The first kappa shape index (κ1) is 15.2. The number of benzene rings is 1. The molecule has 1 aromatic heterocycles. The number of thiazole rings is 1. The van der Waals surface area contributed by atoms with Crippen LogP contribution in [0.15, 0.2) is 36.0 Å². The molecule has 0 bridgehead atoms. The van der Waals surface area contributed by atoms with Gasteiger partial charge in [-0.1, -0.05) is 24.3 Å². The van der Waals surface area contributed by atoms with Crippen LogP contribution >= 0.6 is 11.3 Å². The summed E-state index contributed by atoms with van der Waals surface area (Å²) in [4.78, 5) is 5.52. The predicted octanol–water partition coefficient (Wildman–Crippen LogP) is 3.01. The minimum atomic E-state index is 0.480. The summed E-state index contributed by atoms with van der Waals surface area (Å²) in [5, 5.41) is 3.48. The van der Waals surface area contributed by atoms with E-state index in [4.69, 9.17) is 4.74 Å². The molecule has 1 aromatic carbocycles. The average Bonchev–Trinajstić information content (AvgIpc) is 2.96. The summed E-state index contributed by atoms with van der Waals surface area (Å²) >= 11 is 1.73. The van der Waals surface area contributed by atoms with Crippen molar-refractivity contribution in [3.05, 3.63) is 52.0 Å². The maximum atomic E-state index is 5.09. The second-order valence-electron chi connectivity index (χ2n) is 4.92. The van der Waals surface area contributed by atoms with Crippen LogP contribution in [0.25, 0.3) is 0 Å². The summed E-state index contributed by atoms with van der Waals surface area (Å²) in [6.07, 6.45) is 3.01. The fourth-order valence-electron chi connectivity index (χ4n) is 2.37. The Kier molecular flexibility index (Phi) is 6.18. The third-order valence-electron chi connectivity index (χ3n) is 3.43. The third kappa shape index (κ3) is 4.40. The summed E-state index contributed by atoms with van der Waals surface area (Å²) in [6.45, 7) is 4.79. The van der Waals surface area contributed by atoms with Gasteiger partial charge in [0.05, 0.1) is 12.1 Å². The molecule has 4 heteroatoms. The Morgan fingerprint density at radius 1 is 1.35 bits per heavy atom. The molecule has 0 aliphatic heterocycles. The topological polar surface area (TPSA) is 34.1 Å². The van der Waals surface area contributed by atoms with Gasteiger partial charge >= 0.3 is 0 Å². The first-order chi connectivity index (χ1) is 9.81. The number of methoxy groups -OCH3 is 1. The van der Waals surface area contributed by atoms with Gasteiger partial charge in [0.25, 0.3) is 0 Å². The molecule has 0 saturated carbocycles. The smallest absolute Gasteiger partial charge is 0.0794 e. The molecule has 108 valence electrons. The lowest BCUT2D eigenvalue weighted by Crippen LogP contribution is -2.26. The normalized spacial score (nSPS) is 12.5. The van der Waals surface area contributed by atoms with Gasteiger partial charge in [0.2, 0.25) is 0 Å². The molecule has 0 amide bonds. The minimum absolute atomic E-state index is 0.480. The molecule has 20 heavy (non-hydrogen) atoms. The monoisotopic (exact) mass is 290 g/mol. The van der Waals surface area contributed by atoms with Gasteiger partial charge in [0.1, 0.15) is 0 Å². The molecule has 1 unspecified atom stereocenters. The Balaban J connectivity index is 2.05. The molecule has 0 saturated heterocycles. The molecule has 0 aliphatic rings. The molecule has 1 heterocycles. The standard InChI is InChI=1S/C16H22N2OS/c1-13-5-3-4-6-16(13)14(10-17-7-8-19-2)9-15-11-18-12-20-15/h3-6,11-12,14,17H,7-10H2,1-2H3. The first-order valence-corrected chi connectivity index (χ1v) is 7.81. The average molecular weight is 290 g/mol. The van der Waals surface area contributed by atoms with E-state index >= 15 is 0 Å². The molecule has 2 aromatic rings. The van der Waals surface area contributed by atoms with E-state index in [1.54, 1.807) is 18.4 Å². The molecule has 1 atom stereocenters. The number of aryl methyl sites for hydroxylation is 1. The molecule has 3 nitrogen and oxygen atoms in total. The van der Waals surface area contributed by atoms with E-state index < -0.39 is 0 Å². The van der Waals surface area contributed by atoms with Crippen molar-refractivity contribution >= 4 is 11.3 Å². The lowest BCUT2D eigenvalue weighted by Gasteiger charge is -2.19. The zero-order valence-corrected chi connectivity index (χ0v) is 13.0. The number of nitrogens with one attached hydrogen (secondary N) is 1. The SMILES string of the molecule is COCCNCC(Cc1cncs1)c1ccccc1C. The largest absolute Gasteiger partial charge is 0.383 e. The van der Waals surface area contributed by atoms with Crippen LogP contribution in [0.2, 0.25) is 0 Å². The van der Waals surface area contributed by atoms with Crippen LogP contribution in [0, 0.1) is 6.92 Å². The highest BCUT2D eigenvalue weighted by molar-refractivity contribution is 7.09. The Bertz CT molecular complexity index is 499. The van der Waals surface area contributed by atoms with E-state index in [-0.39, 0.29) is 0 Å². The predicted molar refractivity (Wildman–Crippen MR) is 84.5 cm³/mol. The number of hydrogen-bond donors (Lipinski definition) is 1. The molecule has 1 N–H and O–H groups in total. The van der Waals surface area contributed by atoms with Crippen LogP contribution in [0.1, 0.15) is 21.9 Å². The number of ether oxygens (including phenoxy) is 1. The van der Waals surface area contributed by atoms with Crippen molar-refractivity contribution in [1.82, 2.24) is 10.3 Å². The fraction of sp³-hybridized carbons (Fsp3) is 0.438. The first-order valence-electron chi connectivity index (χ1n) is 6.94. The molecule has 0 aliphatic carbocycles. The summed E-state index contributed by atoms with van der Waals surface area (Å²) in [5.74, 6) is 0.480. The van der Waals surface area contributed by atoms with E-state index in [1.165, 1.54) is 16.0 Å². The van der Waals surface area contributed by atoms with Crippen LogP contribution in [-0.4, -0.2) is 31.8 Å². The van der Waals surface area contributed by atoms with Gasteiger partial charge < -0.3 is 10.1 Å². The van der Waals surface area contributed by atoms with Gasteiger partial charge in [-0.15, -0.1) is 11.3 Å². The van der Waals surface area contributed by atoms with E-state index in [0.717, 1.165) is 26.1 Å². The van der Waals surface area contributed by atoms with Crippen LogP contribution in [-0.2, 0) is 11.2 Å². The van der Waals surface area contributed by atoms with E-state index in [1.807, 2.05) is 11.7 Å². The van der Waals surface area contributed by atoms with E-state index in [0.29, 0.717) is 5.92 Å². The summed E-state index contributed by atoms with van der Waals surface area (Å²) in [7, 11) is 1.73. The van der Waals surface area contributed by atoms with Crippen LogP contribution < -0.4 is 5.32 Å². The highest BCUT2D eigenvalue weighted by Crippen LogP contribution is 2.24. The quantitative estimate of drug-likeness (QED) is 0.759. The Morgan fingerprint density at radius 2 is 2.20 bits per heavy atom. The fourth-order valence-corrected chi connectivity index (χ4v) is 3.05. The lowest BCUT2D eigenvalue weighted by atomic mass is 9.91. The number of aromatic nitrogens is 1. The minimum Gasteiger partial charge on any atom is -0.383 e. The molecule has 0 spiro atoms. The van der Waals surface area contributed by atoms with E-state index in [2.05, 4.69) is 41.5 Å². The maximum Gasteiger partial charge on any atom is 0.0794 e. The highest BCUT2D eigenvalue weighted by Gasteiger charge is 2.14. The van der Waals surface area contributed by atoms with Crippen molar-refractivity contribution in [3.63, 3.8) is 0 Å². The number of hydrogen-bond acceptors (Lipinski definition) is 4. The summed E-state index contributed by atoms with van der Waals surface area (Å²) in [5.41, 5.74) is 4.68. The van der Waals surface area contributed by atoms with Crippen molar-refractivity contribution < 1.29 is 4.74 Å². The van der Waals surface area contributed by atoms with Gasteiger partial charge in [-0.2, -0.15) is 0 Å². The van der Waals surface area contributed by atoms with Gasteiger partial charge in [-0.05, 0) is 24.5 Å². The Hall–Kier alpha value is -1.23. The lowest BCUT2D eigenvalue weighted by molar-refractivity contribution is 0.199.